The summed E-state index contributed by atoms with van der Waals surface area (Å²) in [6, 6.07) is 7.22. The number of nitrogen functional groups attached to an aromatic ring is 1. The third kappa shape index (κ3) is 4.77. The summed E-state index contributed by atoms with van der Waals surface area (Å²) in [6.07, 6.45) is 6.08. The number of anilines is 1. The monoisotopic (exact) mass is 289 g/mol. The van der Waals surface area contributed by atoms with E-state index >= 15 is 0 Å². The van der Waals surface area contributed by atoms with Crippen molar-refractivity contribution in [2.75, 3.05) is 12.3 Å². The summed E-state index contributed by atoms with van der Waals surface area (Å²) >= 11 is 0. The van der Waals surface area contributed by atoms with E-state index in [4.69, 9.17) is 5.73 Å². The van der Waals surface area contributed by atoms with E-state index in [-0.39, 0.29) is 11.8 Å². The minimum atomic E-state index is -0.237. The second-order valence-corrected chi connectivity index (χ2v) is 5.50. The summed E-state index contributed by atoms with van der Waals surface area (Å²) in [5.74, 6) is -0.234. The van der Waals surface area contributed by atoms with Crippen LogP contribution >= 0.6 is 0 Å². The molecule has 2 rings (SSSR count). The third-order valence-electron chi connectivity index (χ3n) is 3.81. The molecule has 0 bridgehead atoms. The van der Waals surface area contributed by atoms with E-state index in [1.807, 2.05) is 0 Å². The van der Waals surface area contributed by atoms with Crippen LogP contribution in [0.15, 0.2) is 24.3 Å². The topological polar surface area (TPSA) is 84.2 Å². The van der Waals surface area contributed by atoms with Gasteiger partial charge < -0.3 is 16.4 Å². The van der Waals surface area contributed by atoms with Crippen molar-refractivity contribution in [3.8, 4) is 0 Å². The van der Waals surface area contributed by atoms with E-state index < -0.39 is 0 Å². The number of amides is 2. The van der Waals surface area contributed by atoms with Crippen molar-refractivity contribution in [2.45, 2.75) is 44.6 Å². The standard InChI is InChI=1S/C16H23N3O2/c17-14-9-5-4-8-13(14)16(21)18-11-10-15(20)19-12-6-2-1-3-7-12/h4-5,8-9,12H,1-3,6-7,10-11,17H2,(H,18,21)(H,19,20). The second-order valence-electron chi connectivity index (χ2n) is 5.50. The SMILES string of the molecule is Nc1ccccc1C(=O)NCCC(=O)NC1CCCCC1. The number of nitrogens with two attached hydrogens (primary N) is 1. The van der Waals surface area contributed by atoms with Gasteiger partial charge >= 0.3 is 0 Å². The predicted molar refractivity (Wildman–Crippen MR) is 82.8 cm³/mol. The molecule has 5 nitrogen and oxygen atoms in total. The number of hydrogen-bond donors (Lipinski definition) is 3. The number of nitrogens with one attached hydrogen (secondary N) is 2. The fourth-order valence-corrected chi connectivity index (χ4v) is 2.64. The zero-order valence-corrected chi connectivity index (χ0v) is 12.2. The summed E-state index contributed by atoms with van der Waals surface area (Å²) in [6.45, 7) is 0.325. The highest BCUT2D eigenvalue weighted by Gasteiger charge is 2.15. The number of carbonyl (C=O) groups excluding carboxylic acids is 2. The molecule has 1 aromatic rings. The van der Waals surface area contributed by atoms with Crippen LogP contribution in [0.3, 0.4) is 0 Å². The molecule has 114 valence electrons. The molecule has 1 aliphatic rings. The summed E-state index contributed by atoms with van der Waals surface area (Å²) in [7, 11) is 0. The molecular formula is C16H23N3O2. The van der Waals surface area contributed by atoms with Gasteiger partial charge in [-0.05, 0) is 25.0 Å². The highest BCUT2D eigenvalue weighted by molar-refractivity contribution is 5.99. The molecule has 0 unspecified atom stereocenters. The fraction of sp³-hybridized carbons (Fsp3) is 0.500. The minimum absolute atomic E-state index is 0.00299. The number of hydrogen-bond acceptors (Lipinski definition) is 3. The molecule has 0 atom stereocenters. The van der Waals surface area contributed by atoms with Gasteiger partial charge in [0.25, 0.3) is 5.91 Å². The normalized spacial score (nSPS) is 15.4. The van der Waals surface area contributed by atoms with Gasteiger partial charge in [0, 0.05) is 24.7 Å². The largest absolute Gasteiger partial charge is 0.398 e. The molecule has 21 heavy (non-hydrogen) atoms. The van der Waals surface area contributed by atoms with Crippen molar-refractivity contribution in [3.63, 3.8) is 0 Å². The van der Waals surface area contributed by atoms with Crippen LogP contribution in [0.5, 0.6) is 0 Å². The van der Waals surface area contributed by atoms with Crippen LogP contribution in [-0.4, -0.2) is 24.4 Å². The van der Waals surface area contributed by atoms with Gasteiger partial charge in [-0.2, -0.15) is 0 Å². The first kappa shape index (κ1) is 15.4. The molecule has 1 fully saturated rings. The van der Waals surface area contributed by atoms with Crippen LogP contribution < -0.4 is 16.4 Å². The average molecular weight is 289 g/mol. The highest BCUT2D eigenvalue weighted by atomic mass is 16.2. The van der Waals surface area contributed by atoms with Crippen molar-refractivity contribution in [3.05, 3.63) is 29.8 Å². The first-order valence-corrected chi connectivity index (χ1v) is 7.59. The molecule has 1 aromatic carbocycles. The Kier molecular flexibility index (Phi) is 5.60. The van der Waals surface area contributed by atoms with Crippen molar-refractivity contribution in [2.24, 2.45) is 0 Å². The van der Waals surface area contributed by atoms with Gasteiger partial charge in [0.15, 0.2) is 0 Å². The molecule has 1 saturated carbocycles. The quantitative estimate of drug-likeness (QED) is 0.723. The van der Waals surface area contributed by atoms with E-state index in [1.165, 1.54) is 19.3 Å². The Morgan fingerprint density at radius 2 is 1.86 bits per heavy atom. The van der Waals surface area contributed by atoms with Crippen molar-refractivity contribution < 1.29 is 9.59 Å². The predicted octanol–water partition coefficient (Wildman–Crippen LogP) is 1.84. The van der Waals surface area contributed by atoms with E-state index in [2.05, 4.69) is 10.6 Å². The Balaban J connectivity index is 1.70. The molecular weight excluding hydrogens is 266 g/mol. The Morgan fingerprint density at radius 3 is 2.57 bits per heavy atom. The molecule has 0 aromatic heterocycles. The lowest BCUT2D eigenvalue weighted by atomic mass is 9.95. The zero-order chi connectivity index (χ0) is 15.1. The van der Waals surface area contributed by atoms with Crippen LogP contribution in [0.25, 0.3) is 0 Å². The maximum Gasteiger partial charge on any atom is 0.253 e. The van der Waals surface area contributed by atoms with Gasteiger partial charge in [0.1, 0.15) is 0 Å². The fourth-order valence-electron chi connectivity index (χ4n) is 2.64. The van der Waals surface area contributed by atoms with Crippen molar-refractivity contribution in [1.29, 1.82) is 0 Å². The first-order chi connectivity index (χ1) is 10.2. The summed E-state index contributed by atoms with van der Waals surface area (Å²) in [5.41, 5.74) is 6.63. The second kappa shape index (κ2) is 7.67. The molecule has 0 aliphatic heterocycles. The van der Waals surface area contributed by atoms with Crippen LogP contribution in [0.1, 0.15) is 48.9 Å². The molecule has 0 saturated heterocycles. The van der Waals surface area contributed by atoms with Gasteiger partial charge in [-0.25, -0.2) is 0 Å². The Bertz CT molecular complexity index is 496. The Labute approximate surface area is 125 Å². The van der Waals surface area contributed by atoms with Crippen LogP contribution in [0.2, 0.25) is 0 Å². The number of rotatable bonds is 5. The zero-order valence-electron chi connectivity index (χ0n) is 12.2. The summed E-state index contributed by atoms with van der Waals surface area (Å²) in [4.78, 5) is 23.7. The van der Waals surface area contributed by atoms with Crippen molar-refractivity contribution in [1.82, 2.24) is 10.6 Å². The Morgan fingerprint density at radius 1 is 1.14 bits per heavy atom. The summed E-state index contributed by atoms with van der Waals surface area (Å²) in [5, 5.41) is 5.76. The smallest absolute Gasteiger partial charge is 0.253 e. The van der Waals surface area contributed by atoms with E-state index in [1.54, 1.807) is 24.3 Å². The lowest BCUT2D eigenvalue weighted by Gasteiger charge is -2.22. The van der Waals surface area contributed by atoms with Crippen LogP contribution in [0, 0.1) is 0 Å². The van der Waals surface area contributed by atoms with Gasteiger partial charge in [0.05, 0.1) is 5.56 Å². The van der Waals surface area contributed by atoms with E-state index in [9.17, 15) is 9.59 Å². The van der Waals surface area contributed by atoms with Gasteiger partial charge in [-0.1, -0.05) is 31.4 Å². The molecule has 0 spiro atoms. The van der Waals surface area contributed by atoms with E-state index in [0.29, 0.717) is 30.3 Å². The van der Waals surface area contributed by atoms with Crippen LogP contribution in [0.4, 0.5) is 5.69 Å². The lowest BCUT2D eigenvalue weighted by Crippen LogP contribution is -2.38. The first-order valence-electron chi connectivity index (χ1n) is 7.59. The third-order valence-corrected chi connectivity index (χ3v) is 3.81. The van der Waals surface area contributed by atoms with Gasteiger partial charge in [0.2, 0.25) is 5.91 Å². The summed E-state index contributed by atoms with van der Waals surface area (Å²) < 4.78 is 0. The molecule has 0 heterocycles. The maximum atomic E-state index is 11.9. The molecule has 5 heteroatoms. The van der Waals surface area contributed by atoms with Crippen molar-refractivity contribution >= 4 is 17.5 Å². The molecule has 1 aliphatic carbocycles. The Hall–Kier alpha value is -2.04. The van der Waals surface area contributed by atoms with Gasteiger partial charge in [-0.3, -0.25) is 9.59 Å². The number of benzene rings is 1. The average Bonchev–Trinajstić information content (AvgIpc) is 2.48. The number of carbonyl (C=O) groups is 2. The molecule has 4 N–H and O–H groups in total. The van der Waals surface area contributed by atoms with Crippen LogP contribution in [-0.2, 0) is 4.79 Å². The minimum Gasteiger partial charge on any atom is -0.398 e. The maximum absolute atomic E-state index is 11.9. The molecule has 0 radical (unpaired) electrons. The number of para-hydroxylation sites is 1. The molecule has 2 amide bonds. The van der Waals surface area contributed by atoms with E-state index in [0.717, 1.165) is 12.8 Å². The van der Waals surface area contributed by atoms with Gasteiger partial charge in [-0.15, -0.1) is 0 Å². The highest BCUT2D eigenvalue weighted by Crippen LogP contribution is 2.17. The lowest BCUT2D eigenvalue weighted by molar-refractivity contribution is -0.121.